The fourth-order valence-corrected chi connectivity index (χ4v) is 2.14. The third-order valence-electron chi connectivity index (χ3n) is 2.86. The molecule has 98 valence electrons. The monoisotopic (exact) mass is 282 g/mol. The van der Waals surface area contributed by atoms with Crippen LogP contribution in [0.3, 0.4) is 0 Å². The minimum Gasteiger partial charge on any atom is -0.470 e. The topological polar surface area (TPSA) is 31.0 Å². The van der Waals surface area contributed by atoms with Crippen LogP contribution in [0.2, 0.25) is 5.02 Å². The molecule has 0 unspecified atom stereocenters. The summed E-state index contributed by atoms with van der Waals surface area (Å²) in [7, 11) is 0. The molecule has 0 amide bonds. The molecule has 0 saturated carbocycles. The molecule has 2 heterocycles. The van der Waals surface area contributed by atoms with E-state index in [1.54, 1.807) is 18.7 Å². The van der Waals surface area contributed by atoms with E-state index in [0.29, 0.717) is 5.02 Å². The predicted molar refractivity (Wildman–Crippen MR) is 78.0 cm³/mol. The minimum atomic E-state index is 0.677. The lowest BCUT2D eigenvalue weighted by atomic mass is 10.2. The Balaban J connectivity index is 2.01. The second-order valence-electron chi connectivity index (χ2n) is 4.27. The average Bonchev–Trinajstić information content (AvgIpc) is 3.05. The second kappa shape index (κ2) is 5.28. The maximum atomic E-state index is 5.95. The highest BCUT2D eigenvalue weighted by atomic mass is 35.5. The van der Waals surface area contributed by atoms with Crippen LogP contribution in [0, 0.1) is 18.8 Å². The number of hydrogen-bond acceptors (Lipinski definition) is 2. The number of furan rings is 1. The number of aryl methyl sites for hydroxylation is 1. The van der Waals surface area contributed by atoms with Gasteiger partial charge in [0.15, 0.2) is 0 Å². The molecule has 3 aromatic rings. The Morgan fingerprint density at radius 1 is 1.25 bits per heavy atom. The van der Waals surface area contributed by atoms with Crippen molar-refractivity contribution in [2.75, 3.05) is 0 Å². The molecule has 3 rings (SSSR count). The lowest BCUT2D eigenvalue weighted by Gasteiger charge is -2.02. The molecule has 0 bridgehead atoms. The quantitative estimate of drug-likeness (QED) is 0.635. The van der Waals surface area contributed by atoms with Gasteiger partial charge in [0.25, 0.3) is 0 Å². The molecule has 0 spiro atoms. The number of hydrogen-bond donors (Lipinski definition) is 0. The van der Waals surface area contributed by atoms with E-state index in [-0.39, 0.29) is 0 Å². The highest BCUT2D eigenvalue weighted by molar-refractivity contribution is 6.30. The zero-order chi connectivity index (χ0) is 13.9. The molecule has 0 saturated heterocycles. The van der Waals surface area contributed by atoms with E-state index in [2.05, 4.69) is 16.8 Å². The fourth-order valence-electron chi connectivity index (χ4n) is 1.95. The number of imidazole rings is 1. The van der Waals surface area contributed by atoms with Crippen LogP contribution < -0.4 is 0 Å². The second-order valence-corrected chi connectivity index (χ2v) is 4.70. The third-order valence-corrected chi connectivity index (χ3v) is 3.10. The smallest absolute Gasteiger partial charge is 0.117 e. The zero-order valence-electron chi connectivity index (χ0n) is 10.8. The normalized spacial score (nSPS) is 10.1. The van der Waals surface area contributed by atoms with Gasteiger partial charge in [0.1, 0.15) is 17.8 Å². The molecule has 4 heteroatoms. The third kappa shape index (κ3) is 2.47. The summed E-state index contributed by atoms with van der Waals surface area (Å²) in [6.45, 7) is 1.93. The van der Waals surface area contributed by atoms with Gasteiger partial charge >= 0.3 is 0 Å². The molecular formula is C16H11ClN2O. The minimum absolute atomic E-state index is 0.677. The van der Waals surface area contributed by atoms with Crippen LogP contribution in [0.1, 0.15) is 17.1 Å². The van der Waals surface area contributed by atoms with Gasteiger partial charge in [-0.25, -0.2) is 4.98 Å². The van der Waals surface area contributed by atoms with Gasteiger partial charge < -0.3 is 4.42 Å². The average molecular weight is 283 g/mol. The van der Waals surface area contributed by atoms with Gasteiger partial charge in [-0.3, -0.25) is 4.57 Å². The number of aromatic nitrogens is 2. The first kappa shape index (κ1) is 12.6. The van der Waals surface area contributed by atoms with E-state index in [1.165, 1.54) is 0 Å². The first-order chi connectivity index (χ1) is 9.74. The summed E-state index contributed by atoms with van der Waals surface area (Å²) in [4.78, 5) is 4.30. The first-order valence-electron chi connectivity index (χ1n) is 6.08. The van der Waals surface area contributed by atoms with Crippen molar-refractivity contribution in [3.05, 3.63) is 71.2 Å². The highest BCUT2D eigenvalue weighted by Crippen LogP contribution is 2.15. The molecule has 0 radical (unpaired) electrons. The predicted octanol–water partition coefficient (Wildman–Crippen LogP) is 3.83. The molecule has 1 aromatic carbocycles. The Morgan fingerprint density at radius 2 is 2.15 bits per heavy atom. The van der Waals surface area contributed by atoms with Crippen LogP contribution in [0.4, 0.5) is 0 Å². The maximum absolute atomic E-state index is 5.95. The van der Waals surface area contributed by atoms with Crippen LogP contribution in [-0.4, -0.2) is 9.55 Å². The van der Waals surface area contributed by atoms with Crippen LogP contribution in [0.25, 0.3) is 5.69 Å². The van der Waals surface area contributed by atoms with Crippen molar-refractivity contribution >= 4 is 11.6 Å². The van der Waals surface area contributed by atoms with Crippen molar-refractivity contribution in [1.82, 2.24) is 9.55 Å². The van der Waals surface area contributed by atoms with Gasteiger partial charge in [0, 0.05) is 16.7 Å². The molecular weight excluding hydrogens is 272 g/mol. The van der Waals surface area contributed by atoms with Gasteiger partial charge in [0.2, 0.25) is 0 Å². The zero-order valence-corrected chi connectivity index (χ0v) is 11.6. The largest absolute Gasteiger partial charge is 0.470 e. The molecule has 0 atom stereocenters. The van der Waals surface area contributed by atoms with Crippen molar-refractivity contribution in [2.24, 2.45) is 0 Å². The molecule has 3 nitrogen and oxygen atoms in total. The van der Waals surface area contributed by atoms with E-state index in [4.69, 9.17) is 16.0 Å². The standard InChI is InChI=1S/C16H11ClN2O/c1-12-18-10-15(19(12)16-7-8-20-11-16)6-5-13-3-2-4-14(17)9-13/h2-4,7-11H,1H3. The van der Waals surface area contributed by atoms with E-state index in [1.807, 2.05) is 41.8 Å². The van der Waals surface area contributed by atoms with E-state index in [9.17, 15) is 0 Å². The molecule has 0 aliphatic carbocycles. The van der Waals surface area contributed by atoms with Gasteiger partial charge in [0.05, 0.1) is 18.1 Å². The molecule has 0 aliphatic heterocycles. The van der Waals surface area contributed by atoms with Crippen molar-refractivity contribution in [3.63, 3.8) is 0 Å². The Labute approximate surface area is 121 Å². The summed E-state index contributed by atoms with van der Waals surface area (Å²) in [6, 6.07) is 9.33. The van der Waals surface area contributed by atoms with E-state index in [0.717, 1.165) is 22.8 Å². The SMILES string of the molecule is Cc1ncc(C#Cc2cccc(Cl)c2)n1-c1ccoc1. The van der Waals surface area contributed by atoms with Crippen molar-refractivity contribution < 1.29 is 4.42 Å². The first-order valence-corrected chi connectivity index (χ1v) is 6.46. The molecule has 20 heavy (non-hydrogen) atoms. The fraction of sp³-hybridized carbons (Fsp3) is 0.0625. The van der Waals surface area contributed by atoms with Gasteiger partial charge in [-0.05, 0) is 31.0 Å². The molecule has 0 fully saturated rings. The van der Waals surface area contributed by atoms with Gasteiger partial charge in [-0.2, -0.15) is 0 Å². The van der Waals surface area contributed by atoms with Gasteiger partial charge in [-0.15, -0.1) is 0 Å². The van der Waals surface area contributed by atoms with Crippen LogP contribution >= 0.6 is 11.6 Å². The summed E-state index contributed by atoms with van der Waals surface area (Å²) in [5.74, 6) is 7.07. The summed E-state index contributed by atoms with van der Waals surface area (Å²) in [6.07, 6.45) is 5.04. The lowest BCUT2D eigenvalue weighted by molar-refractivity contribution is 0.565. The lowest BCUT2D eigenvalue weighted by Crippen LogP contribution is -1.97. The van der Waals surface area contributed by atoms with Crippen LogP contribution in [0.5, 0.6) is 0 Å². The van der Waals surface area contributed by atoms with Crippen LogP contribution in [-0.2, 0) is 0 Å². The number of rotatable bonds is 1. The summed E-state index contributed by atoms with van der Waals surface area (Å²) >= 11 is 5.95. The number of halogens is 1. The van der Waals surface area contributed by atoms with Crippen molar-refractivity contribution in [3.8, 4) is 17.5 Å². The van der Waals surface area contributed by atoms with E-state index >= 15 is 0 Å². The van der Waals surface area contributed by atoms with Crippen molar-refractivity contribution in [1.29, 1.82) is 0 Å². The van der Waals surface area contributed by atoms with E-state index < -0.39 is 0 Å². The van der Waals surface area contributed by atoms with Crippen molar-refractivity contribution in [2.45, 2.75) is 6.92 Å². The molecule has 0 N–H and O–H groups in total. The highest BCUT2D eigenvalue weighted by Gasteiger charge is 2.07. The summed E-state index contributed by atoms with van der Waals surface area (Å²) < 4.78 is 7.06. The Bertz CT molecular complexity index is 791. The number of benzene rings is 1. The summed E-state index contributed by atoms with van der Waals surface area (Å²) in [5.41, 5.74) is 2.59. The van der Waals surface area contributed by atoms with Crippen LogP contribution in [0.15, 0.2) is 53.5 Å². The Kier molecular flexibility index (Phi) is 3.32. The molecule has 2 aromatic heterocycles. The summed E-state index contributed by atoms with van der Waals surface area (Å²) in [5, 5.41) is 0.677. The Hall–Kier alpha value is -2.44. The van der Waals surface area contributed by atoms with Gasteiger partial charge in [-0.1, -0.05) is 23.6 Å². The Morgan fingerprint density at radius 3 is 2.90 bits per heavy atom. The maximum Gasteiger partial charge on any atom is 0.117 e. The molecule has 0 aliphatic rings. The number of nitrogens with zero attached hydrogens (tertiary/aromatic N) is 2.